The number of hydrogen-bond acceptors (Lipinski definition) is 3. The van der Waals surface area contributed by atoms with Gasteiger partial charge in [-0.05, 0) is 22.8 Å². The lowest BCUT2D eigenvalue weighted by Gasteiger charge is -2.18. The van der Waals surface area contributed by atoms with Crippen molar-refractivity contribution in [3.63, 3.8) is 0 Å². The van der Waals surface area contributed by atoms with Gasteiger partial charge in [0.25, 0.3) is 0 Å². The van der Waals surface area contributed by atoms with Gasteiger partial charge in [0.05, 0.1) is 12.6 Å². The summed E-state index contributed by atoms with van der Waals surface area (Å²) in [4.78, 5) is 0. The van der Waals surface area contributed by atoms with Crippen LogP contribution in [0.3, 0.4) is 0 Å². The molecule has 3 N–H and O–H groups in total. The average molecular weight is 244 g/mol. The van der Waals surface area contributed by atoms with Gasteiger partial charge in [0.15, 0.2) is 0 Å². The minimum Gasteiger partial charge on any atom is -0.379 e. The fourth-order valence-corrected chi connectivity index (χ4v) is 2.13. The van der Waals surface area contributed by atoms with Crippen LogP contribution >= 0.6 is 0 Å². The summed E-state index contributed by atoms with van der Waals surface area (Å²) in [5.74, 6) is 5.65. The molecular formula is C15H20N2O. The van der Waals surface area contributed by atoms with Crippen LogP contribution in [0.15, 0.2) is 42.5 Å². The topological polar surface area (TPSA) is 47.3 Å². The molecule has 0 fully saturated rings. The van der Waals surface area contributed by atoms with E-state index in [0.717, 1.165) is 13.0 Å². The molecule has 0 heterocycles. The second-order valence-corrected chi connectivity index (χ2v) is 4.36. The molecule has 2 aromatic rings. The van der Waals surface area contributed by atoms with Crippen molar-refractivity contribution in [1.82, 2.24) is 5.43 Å². The lowest BCUT2D eigenvalue weighted by Crippen LogP contribution is -2.31. The molecular weight excluding hydrogens is 224 g/mol. The van der Waals surface area contributed by atoms with E-state index in [2.05, 4.69) is 42.7 Å². The number of nitrogens with two attached hydrogens (primary N) is 1. The molecule has 0 aliphatic carbocycles. The van der Waals surface area contributed by atoms with E-state index in [-0.39, 0.29) is 6.04 Å². The summed E-state index contributed by atoms with van der Waals surface area (Å²) in [6, 6.07) is 14.6. The van der Waals surface area contributed by atoms with Crippen LogP contribution in [-0.2, 0) is 4.74 Å². The minimum atomic E-state index is 0.0302. The lowest BCUT2D eigenvalue weighted by molar-refractivity contribution is 0.112. The molecule has 1 unspecified atom stereocenters. The maximum atomic E-state index is 5.65. The molecule has 3 nitrogen and oxygen atoms in total. The SMILES string of the molecule is CCCOCC(NN)c1cccc2ccccc12. The average Bonchev–Trinajstić information content (AvgIpc) is 2.43. The first-order valence-corrected chi connectivity index (χ1v) is 6.38. The molecule has 0 saturated heterocycles. The number of hydrogen-bond donors (Lipinski definition) is 2. The van der Waals surface area contributed by atoms with Gasteiger partial charge >= 0.3 is 0 Å². The van der Waals surface area contributed by atoms with E-state index in [4.69, 9.17) is 10.6 Å². The standard InChI is InChI=1S/C15H20N2O/c1-2-10-18-11-15(17-16)14-9-5-7-12-6-3-4-8-13(12)14/h3-9,15,17H,2,10-11,16H2,1H3. The van der Waals surface area contributed by atoms with Crippen molar-refractivity contribution >= 4 is 10.8 Å². The normalized spacial score (nSPS) is 12.8. The highest BCUT2D eigenvalue weighted by molar-refractivity contribution is 5.86. The maximum Gasteiger partial charge on any atom is 0.0699 e. The van der Waals surface area contributed by atoms with Crippen LogP contribution < -0.4 is 11.3 Å². The molecule has 0 saturated carbocycles. The van der Waals surface area contributed by atoms with E-state index in [9.17, 15) is 0 Å². The first kappa shape index (κ1) is 13.0. The summed E-state index contributed by atoms with van der Waals surface area (Å²) in [5.41, 5.74) is 4.03. The quantitative estimate of drug-likeness (QED) is 0.466. The van der Waals surface area contributed by atoms with Crippen molar-refractivity contribution in [2.75, 3.05) is 13.2 Å². The molecule has 0 spiro atoms. The van der Waals surface area contributed by atoms with E-state index >= 15 is 0 Å². The maximum absolute atomic E-state index is 5.65. The van der Waals surface area contributed by atoms with E-state index < -0.39 is 0 Å². The molecule has 0 aliphatic heterocycles. The first-order valence-electron chi connectivity index (χ1n) is 6.38. The van der Waals surface area contributed by atoms with Crippen molar-refractivity contribution in [2.24, 2.45) is 5.84 Å². The Morgan fingerprint density at radius 2 is 1.94 bits per heavy atom. The fraction of sp³-hybridized carbons (Fsp3) is 0.333. The third-order valence-electron chi connectivity index (χ3n) is 3.03. The Balaban J connectivity index is 2.27. The van der Waals surface area contributed by atoms with Crippen LogP contribution in [0.1, 0.15) is 24.9 Å². The summed E-state index contributed by atoms with van der Waals surface area (Å²) >= 11 is 0. The van der Waals surface area contributed by atoms with Gasteiger partial charge in [-0.25, -0.2) is 0 Å². The Labute approximate surface area is 108 Å². The predicted octanol–water partition coefficient (Wildman–Crippen LogP) is 2.77. The number of fused-ring (bicyclic) bond motifs is 1. The van der Waals surface area contributed by atoms with Crippen LogP contribution in [0, 0.1) is 0 Å². The molecule has 1 atom stereocenters. The molecule has 2 aromatic carbocycles. The smallest absolute Gasteiger partial charge is 0.0699 e. The van der Waals surface area contributed by atoms with Gasteiger partial charge in [0.1, 0.15) is 0 Å². The van der Waals surface area contributed by atoms with Gasteiger partial charge in [0, 0.05) is 6.61 Å². The second kappa shape index (κ2) is 6.50. The van der Waals surface area contributed by atoms with Crippen molar-refractivity contribution in [3.8, 4) is 0 Å². The van der Waals surface area contributed by atoms with Gasteiger partial charge in [-0.15, -0.1) is 0 Å². The van der Waals surface area contributed by atoms with Crippen LogP contribution in [0.2, 0.25) is 0 Å². The molecule has 0 aromatic heterocycles. The van der Waals surface area contributed by atoms with Crippen molar-refractivity contribution in [1.29, 1.82) is 0 Å². The summed E-state index contributed by atoms with van der Waals surface area (Å²) < 4.78 is 5.60. The largest absolute Gasteiger partial charge is 0.379 e. The molecule has 0 bridgehead atoms. The number of hydrazine groups is 1. The van der Waals surface area contributed by atoms with Gasteiger partial charge < -0.3 is 4.74 Å². The van der Waals surface area contributed by atoms with E-state index in [1.54, 1.807) is 0 Å². The third kappa shape index (κ3) is 2.88. The van der Waals surface area contributed by atoms with Crippen LogP contribution in [0.4, 0.5) is 0 Å². The first-order chi connectivity index (χ1) is 8.86. The summed E-state index contributed by atoms with van der Waals surface area (Å²) in [7, 11) is 0. The van der Waals surface area contributed by atoms with Gasteiger partial charge in [-0.3, -0.25) is 11.3 Å². The molecule has 2 rings (SSSR count). The van der Waals surface area contributed by atoms with E-state index in [0.29, 0.717) is 6.61 Å². The number of nitrogens with one attached hydrogen (secondary N) is 1. The summed E-state index contributed by atoms with van der Waals surface area (Å²) in [6.45, 7) is 3.46. The fourth-order valence-electron chi connectivity index (χ4n) is 2.13. The minimum absolute atomic E-state index is 0.0302. The Morgan fingerprint density at radius 1 is 1.17 bits per heavy atom. The predicted molar refractivity (Wildman–Crippen MR) is 75.1 cm³/mol. The third-order valence-corrected chi connectivity index (χ3v) is 3.03. The zero-order valence-corrected chi connectivity index (χ0v) is 10.7. The Morgan fingerprint density at radius 3 is 2.72 bits per heavy atom. The summed E-state index contributed by atoms with van der Waals surface area (Å²) in [6.07, 6.45) is 1.02. The van der Waals surface area contributed by atoms with E-state index in [1.165, 1.54) is 16.3 Å². The van der Waals surface area contributed by atoms with Gasteiger partial charge in [-0.1, -0.05) is 49.4 Å². The van der Waals surface area contributed by atoms with E-state index in [1.807, 2.05) is 12.1 Å². The summed E-state index contributed by atoms with van der Waals surface area (Å²) in [5, 5.41) is 2.45. The number of ether oxygens (including phenoxy) is 1. The van der Waals surface area contributed by atoms with Crippen LogP contribution in [0.25, 0.3) is 10.8 Å². The Kier molecular flexibility index (Phi) is 4.70. The highest BCUT2D eigenvalue weighted by atomic mass is 16.5. The molecule has 18 heavy (non-hydrogen) atoms. The molecule has 0 aliphatic rings. The second-order valence-electron chi connectivity index (χ2n) is 4.36. The highest BCUT2D eigenvalue weighted by Gasteiger charge is 2.12. The van der Waals surface area contributed by atoms with Crippen molar-refractivity contribution < 1.29 is 4.74 Å². The zero-order chi connectivity index (χ0) is 12.8. The molecule has 3 heteroatoms. The lowest BCUT2D eigenvalue weighted by atomic mass is 9.99. The Hall–Kier alpha value is -1.42. The zero-order valence-electron chi connectivity index (χ0n) is 10.7. The van der Waals surface area contributed by atoms with Crippen LogP contribution in [-0.4, -0.2) is 13.2 Å². The monoisotopic (exact) mass is 244 g/mol. The number of benzene rings is 2. The number of rotatable bonds is 6. The van der Waals surface area contributed by atoms with Crippen molar-refractivity contribution in [3.05, 3.63) is 48.0 Å². The van der Waals surface area contributed by atoms with Gasteiger partial charge in [-0.2, -0.15) is 0 Å². The Bertz CT molecular complexity index is 493. The highest BCUT2D eigenvalue weighted by Crippen LogP contribution is 2.24. The molecule has 0 amide bonds. The van der Waals surface area contributed by atoms with Gasteiger partial charge in [0.2, 0.25) is 0 Å². The molecule has 0 radical (unpaired) electrons. The van der Waals surface area contributed by atoms with Crippen molar-refractivity contribution in [2.45, 2.75) is 19.4 Å². The molecule has 96 valence electrons. The van der Waals surface area contributed by atoms with Crippen LogP contribution in [0.5, 0.6) is 0 Å².